The maximum Gasteiger partial charge on any atom is 0.173 e. The molecule has 0 aliphatic carbocycles. The highest BCUT2D eigenvalue weighted by Gasteiger charge is 2.27. The summed E-state index contributed by atoms with van der Waals surface area (Å²) in [6, 6.07) is 4.06. The van der Waals surface area contributed by atoms with Crippen LogP contribution >= 0.6 is 15.9 Å². The van der Waals surface area contributed by atoms with E-state index in [9.17, 15) is 4.79 Å². The Balaban J connectivity index is 2.13. The number of morpholine rings is 1. The summed E-state index contributed by atoms with van der Waals surface area (Å²) >= 11 is 3.34. The second kappa shape index (κ2) is 13.5. The van der Waals surface area contributed by atoms with Crippen molar-refractivity contribution in [3.05, 3.63) is 23.3 Å². The quantitative estimate of drug-likeness (QED) is 0.169. The SMILES string of the molecule is CCCCCCCCCCOc1c(N2CCOCC2)cc(C(=O)CBr)cc1C(C)(C)C. The first-order valence-electron chi connectivity index (χ1n) is 12.1. The third kappa shape index (κ3) is 8.42. The van der Waals surface area contributed by atoms with E-state index in [4.69, 9.17) is 9.47 Å². The van der Waals surface area contributed by atoms with E-state index in [-0.39, 0.29) is 11.2 Å². The van der Waals surface area contributed by atoms with Gasteiger partial charge in [0.1, 0.15) is 5.75 Å². The van der Waals surface area contributed by atoms with E-state index in [1.165, 1.54) is 44.9 Å². The number of benzene rings is 1. The summed E-state index contributed by atoms with van der Waals surface area (Å²) in [6.07, 6.45) is 10.3. The van der Waals surface area contributed by atoms with Crippen LogP contribution < -0.4 is 9.64 Å². The largest absolute Gasteiger partial charge is 0.491 e. The monoisotopic (exact) mass is 495 g/mol. The summed E-state index contributed by atoms with van der Waals surface area (Å²) in [6.45, 7) is 12.6. The van der Waals surface area contributed by atoms with Crippen LogP contribution in [0.25, 0.3) is 0 Å². The smallest absolute Gasteiger partial charge is 0.173 e. The number of alkyl halides is 1. The molecule has 0 saturated carbocycles. The van der Waals surface area contributed by atoms with Gasteiger partial charge in [0.25, 0.3) is 0 Å². The van der Waals surface area contributed by atoms with Crippen LogP contribution in [0.15, 0.2) is 12.1 Å². The van der Waals surface area contributed by atoms with E-state index in [1.807, 2.05) is 12.1 Å². The molecule has 0 amide bonds. The summed E-state index contributed by atoms with van der Waals surface area (Å²) in [4.78, 5) is 14.8. The summed E-state index contributed by atoms with van der Waals surface area (Å²) in [5.41, 5.74) is 2.79. The normalized spacial score (nSPS) is 14.7. The number of Topliss-reactive ketones (excluding diaryl/α,β-unsaturated/α-hetero) is 1. The van der Waals surface area contributed by atoms with Crippen molar-refractivity contribution in [2.45, 2.75) is 84.5 Å². The first-order valence-corrected chi connectivity index (χ1v) is 13.2. The van der Waals surface area contributed by atoms with Crippen molar-refractivity contribution in [1.29, 1.82) is 0 Å². The van der Waals surface area contributed by atoms with Gasteiger partial charge in [0.2, 0.25) is 0 Å². The zero-order chi connectivity index (χ0) is 22.7. The minimum Gasteiger partial charge on any atom is -0.491 e. The van der Waals surface area contributed by atoms with Crippen LogP contribution in [-0.4, -0.2) is 44.0 Å². The molecule has 0 bridgehead atoms. The van der Waals surface area contributed by atoms with Gasteiger partial charge in [-0.15, -0.1) is 0 Å². The molecule has 31 heavy (non-hydrogen) atoms. The number of ketones is 1. The lowest BCUT2D eigenvalue weighted by Gasteiger charge is -2.33. The Morgan fingerprint density at radius 1 is 1.03 bits per heavy atom. The lowest BCUT2D eigenvalue weighted by molar-refractivity contribution is 0.102. The second-order valence-electron chi connectivity index (χ2n) is 9.60. The van der Waals surface area contributed by atoms with Gasteiger partial charge in [-0.1, -0.05) is 88.6 Å². The first-order chi connectivity index (χ1) is 14.9. The molecular weight excluding hydrogens is 454 g/mol. The molecule has 176 valence electrons. The average molecular weight is 497 g/mol. The zero-order valence-corrected chi connectivity index (χ0v) is 21.7. The lowest BCUT2D eigenvalue weighted by atomic mass is 9.84. The molecule has 0 unspecified atom stereocenters. The molecule has 1 saturated heterocycles. The van der Waals surface area contributed by atoms with Crippen LogP contribution in [0.3, 0.4) is 0 Å². The number of rotatable bonds is 13. The summed E-state index contributed by atoms with van der Waals surface area (Å²) < 4.78 is 12.0. The van der Waals surface area contributed by atoms with Gasteiger partial charge in [-0.2, -0.15) is 0 Å². The molecule has 0 radical (unpaired) electrons. The minimum absolute atomic E-state index is 0.106. The Morgan fingerprint density at radius 3 is 2.23 bits per heavy atom. The highest BCUT2D eigenvalue weighted by molar-refractivity contribution is 9.09. The van der Waals surface area contributed by atoms with Crippen LogP contribution in [0.2, 0.25) is 0 Å². The van der Waals surface area contributed by atoms with Crippen molar-refractivity contribution in [1.82, 2.24) is 0 Å². The van der Waals surface area contributed by atoms with E-state index in [0.717, 1.165) is 48.7 Å². The molecule has 1 aromatic carbocycles. The fraction of sp³-hybridized carbons (Fsp3) is 0.731. The molecule has 1 aromatic rings. The van der Waals surface area contributed by atoms with Gasteiger partial charge >= 0.3 is 0 Å². The Hall–Kier alpha value is -1.07. The number of nitrogens with zero attached hydrogens (tertiary/aromatic N) is 1. The van der Waals surface area contributed by atoms with Crippen LogP contribution in [0.4, 0.5) is 5.69 Å². The van der Waals surface area contributed by atoms with E-state index < -0.39 is 0 Å². The number of hydrogen-bond donors (Lipinski definition) is 0. The highest BCUT2D eigenvalue weighted by atomic mass is 79.9. The Morgan fingerprint density at radius 2 is 1.65 bits per heavy atom. The predicted molar refractivity (Wildman–Crippen MR) is 134 cm³/mol. The molecule has 5 heteroatoms. The molecule has 0 N–H and O–H groups in total. The van der Waals surface area contributed by atoms with Gasteiger partial charge in [-0.25, -0.2) is 0 Å². The van der Waals surface area contributed by atoms with Crippen LogP contribution in [-0.2, 0) is 10.2 Å². The topological polar surface area (TPSA) is 38.8 Å². The molecule has 0 spiro atoms. The van der Waals surface area contributed by atoms with Crippen LogP contribution in [0.5, 0.6) is 5.75 Å². The molecule has 1 aliphatic rings. The summed E-state index contributed by atoms with van der Waals surface area (Å²) in [5.74, 6) is 1.05. The van der Waals surface area contributed by atoms with Gasteiger partial charge in [-0.05, 0) is 24.0 Å². The maximum absolute atomic E-state index is 12.5. The number of hydrogen-bond acceptors (Lipinski definition) is 4. The summed E-state index contributed by atoms with van der Waals surface area (Å²) in [5, 5.41) is 0.331. The van der Waals surface area contributed by atoms with Gasteiger partial charge in [0, 0.05) is 24.2 Å². The Bertz CT molecular complexity index is 678. The number of carbonyl (C=O) groups excluding carboxylic acids is 1. The fourth-order valence-electron chi connectivity index (χ4n) is 4.01. The third-order valence-corrected chi connectivity index (χ3v) is 6.43. The Kier molecular flexibility index (Phi) is 11.4. The average Bonchev–Trinajstić information content (AvgIpc) is 2.77. The fourth-order valence-corrected chi connectivity index (χ4v) is 4.33. The Labute approximate surface area is 198 Å². The lowest BCUT2D eigenvalue weighted by Crippen LogP contribution is -2.37. The van der Waals surface area contributed by atoms with E-state index >= 15 is 0 Å². The summed E-state index contributed by atoms with van der Waals surface area (Å²) in [7, 11) is 0. The van der Waals surface area contributed by atoms with E-state index in [1.54, 1.807) is 0 Å². The predicted octanol–water partition coefficient (Wildman–Crippen LogP) is 6.92. The number of anilines is 1. The van der Waals surface area contributed by atoms with Gasteiger partial charge in [-0.3, -0.25) is 4.79 Å². The van der Waals surface area contributed by atoms with Crippen LogP contribution in [0, 0.1) is 0 Å². The van der Waals surface area contributed by atoms with Gasteiger partial charge in [0.15, 0.2) is 5.78 Å². The van der Waals surface area contributed by atoms with Crippen molar-refractivity contribution in [3.8, 4) is 5.75 Å². The van der Waals surface area contributed by atoms with Crippen molar-refractivity contribution < 1.29 is 14.3 Å². The molecule has 1 heterocycles. The molecule has 1 fully saturated rings. The van der Waals surface area contributed by atoms with E-state index in [0.29, 0.717) is 18.5 Å². The molecule has 0 atom stereocenters. The molecular formula is C26H42BrNO3. The van der Waals surface area contributed by atoms with Crippen molar-refractivity contribution >= 4 is 27.4 Å². The number of halogens is 1. The minimum atomic E-state index is -0.113. The second-order valence-corrected chi connectivity index (χ2v) is 10.2. The third-order valence-electron chi connectivity index (χ3n) is 5.92. The van der Waals surface area contributed by atoms with E-state index in [2.05, 4.69) is 48.5 Å². The van der Waals surface area contributed by atoms with Gasteiger partial charge in [0.05, 0.1) is 30.8 Å². The number of unbranched alkanes of at least 4 members (excludes halogenated alkanes) is 7. The molecule has 0 aromatic heterocycles. The standard InChI is InChI=1S/C26H42BrNO3/c1-5-6-7-8-9-10-11-12-15-31-25-22(26(2,3)4)18-21(24(29)20-27)19-23(25)28-13-16-30-17-14-28/h18-19H,5-17,20H2,1-4H3. The van der Waals surface area contributed by atoms with Crippen molar-refractivity contribution in [3.63, 3.8) is 0 Å². The van der Waals surface area contributed by atoms with Crippen molar-refractivity contribution in [2.75, 3.05) is 43.1 Å². The molecule has 4 nitrogen and oxygen atoms in total. The van der Waals surface area contributed by atoms with Gasteiger partial charge < -0.3 is 14.4 Å². The van der Waals surface area contributed by atoms with Crippen LogP contribution in [0.1, 0.15) is 95.0 Å². The first kappa shape index (κ1) is 26.2. The highest BCUT2D eigenvalue weighted by Crippen LogP contribution is 2.41. The molecule has 2 rings (SSSR count). The zero-order valence-electron chi connectivity index (χ0n) is 20.1. The van der Waals surface area contributed by atoms with Crippen molar-refractivity contribution in [2.24, 2.45) is 0 Å². The number of carbonyl (C=O) groups is 1. The number of ether oxygens (including phenoxy) is 2. The maximum atomic E-state index is 12.5. The molecule has 1 aliphatic heterocycles.